The number of hydrogen-bond acceptors (Lipinski definition) is 0. The van der Waals surface area contributed by atoms with E-state index in [0.29, 0.717) is 10.8 Å². The number of rotatable bonds is 7. The predicted molar refractivity (Wildman–Crippen MR) is 82.7 cm³/mol. The zero-order valence-electron chi connectivity index (χ0n) is 14.1. The van der Waals surface area contributed by atoms with Gasteiger partial charge in [-0.3, -0.25) is 0 Å². The minimum Gasteiger partial charge on any atom is -0.0654 e. The van der Waals surface area contributed by atoms with Crippen molar-refractivity contribution < 1.29 is 0 Å². The quantitative estimate of drug-likeness (QED) is 0.509. The molecule has 0 amide bonds. The lowest BCUT2D eigenvalue weighted by Crippen LogP contribution is -2.29. The summed E-state index contributed by atoms with van der Waals surface area (Å²) in [6, 6.07) is 0. The van der Waals surface area contributed by atoms with Crippen molar-refractivity contribution in [2.24, 2.45) is 34.5 Å². The molecule has 0 N–H and O–H groups in total. The Balaban J connectivity index is 2.73. The van der Waals surface area contributed by atoms with Gasteiger partial charge in [-0.1, -0.05) is 74.7 Å². The fourth-order valence-corrected chi connectivity index (χ4v) is 4.33. The highest BCUT2D eigenvalue weighted by Crippen LogP contribution is 2.72. The van der Waals surface area contributed by atoms with Crippen molar-refractivity contribution >= 4 is 0 Å². The standard InChI is InChI=1S/C18H36/c1-9-11-14(4)17(7)12-18(17,8)16(6)15(5)13(3)10-2/h13-16H,9-12H2,1-8H3. The van der Waals surface area contributed by atoms with Crippen LogP contribution in [0.15, 0.2) is 0 Å². The molecule has 6 unspecified atom stereocenters. The molecule has 0 aromatic carbocycles. The van der Waals surface area contributed by atoms with E-state index in [1.807, 2.05) is 0 Å². The normalized spacial score (nSPS) is 38.0. The topological polar surface area (TPSA) is 0 Å². The van der Waals surface area contributed by atoms with Crippen molar-refractivity contribution in [3.8, 4) is 0 Å². The van der Waals surface area contributed by atoms with E-state index in [4.69, 9.17) is 0 Å². The van der Waals surface area contributed by atoms with Gasteiger partial charge in [0.2, 0.25) is 0 Å². The molecule has 6 atom stereocenters. The van der Waals surface area contributed by atoms with Crippen LogP contribution in [0, 0.1) is 34.5 Å². The Kier molecular flexibility index (Phi) is 4.95. The molecule has 108 valence electrons. The maximum atomic E-state index is 2.56. The maximum Gasteiger partial charge on any atom is -0.0235 e. The summed E-state index contributed by atoms with van der Waals surface area (Å²) < 4.78 is 0. The summed E-state index contributed by atoms with van der Waals surface area (Å²) in [6.07, 6.45) is 5.50. The Labute approximate surface area is 116 Å². The molecule has 0 saturated heterocycles. The van der Waals surface area contributed by atoms with Gasteiger partial charge in [0.05, 0.1) is 0 Å². The average molecular weight is 252 g/mol. The third-order valence-electron chi connectivity index (χ3n) is 7.06. The van der Waals surface area contributed by atoms with Gasteiger partial charge in [0, 0.05) is 0 Å². The van der Waals surface area contributed by atoms with Gasteiger partial charge in [0.1, 0.15) is 0 Å². The highest BCUT2D eigenvalue weighted by Gasteiger charge is 2.65. The Morgan fingerprint density at radius 2 is 1.50 bits per heavy atom. The van der Waals surface area contributed by atoms with Crippen LogP contribution >= 0.6 is 0 Å². The van der Waals surface area contributed by atoms with E-state index in [1.54, 1.807) is 0 Å². The van der Waals surface area contributed by atoms with Crippen LogP contribution in [0.3, 0.4) is 0 Å². The molecule has 1 fully saturated rings. The van der Waals surface area contributed by atoms with E-state index in [2.05, 4.69) is 55.4 Å². The van der Waals surface area contributed by atoms with E-state index in [9.17, 15) is 0 Å². The van der Waals surface area contributed by atoms with Gasteiger partial charge >= 0.3 is 0 Å². The summed E-state index contributed by atoms with van der Waals surface area (Å²) in [4.78, 5) is 0. The molecule has 0 nitrogen and oxygen atoms in total. The van der Waals surface area contributed by atoms with Crippen molar-refractivity contribution in [2.45, 2.75) is 81.1 Å². The first-order valence-corrected chi connectivity index (χ1v) is 8.24. The lowest BCUT2D eigenvalue weighted by atomic mass is 9.70. The Morgan fingerprint density at radius 1 is 0.944 bits per heavy atom. The molecular weight excluding hydrogens is 216 g/mol. The van der Waals surface area contributed by atoms with Gasteiger partial charge < -0.3 is 0 Å². The van der Waals surface area contributed by atoms with Crippen LogP contribution in [-0.2, 0) is 0 Å². The van der Waals surface area contributed by atoms with Crippen LogP contribution < -0.4 is 0 Å². The van der Waals surface area contributed by atoms with Crippen LogP contribution in [0.2, 0.25) is 0 Å². The summed E-state index contributed by atoms with van der Waals surface area (Å²) >= 11 is 0. The minimum absolute atomic E-state index is 0.588. The molecule has 0 aromatic rings. The van der Waals surface area contributed by atoms with Gasteiger partial charge in [0.15, 0.2) is 0 Å². The summed E-state index contributed by atoms with van der Waals surface area (Å²) in [7, 11) is 0. The van der Waals surface area contributed by atoms with E-state index in [-0.39, 0.29) is 0 Å². The Bertz CT molecular complexity index is 269. The molecule has 0 aliphatic heterocycles. The molecule has 0 bridgehead atoms. The highest BCUT2D eigenvalue weighted by molar-refractivity contribution is 5.14. The van der Waals surface area contributed by atoms with Crippen molar-refractivity contribution in [3.05, 3.63) is 0 Å². The predicted octanol–water partition coefficient (Wildman–Crippen LogP) is 6.16. The molecule has 1 aliphatic carbocycles. The maximum absolute atomic E-state index is 2.56. The molecule has 0 spiro atoms. The molecule has 1 aliphatic rings. The van der Waals surface area contributed by atoms with Gasteiger partial charge in [-0.25, -0.2) is 0 Å². The molecule has 1 saturated carbocycles. The van der Waals surface area contributed by atoms with Crippen molar-refractivity contribution in [2.75, 3.05) is 0 Å². The van der Waals surface area contributed by atoms with E-state index in [0.717, 1.165) is 23.7 Å². The molecule has 0 aromatic heterocycles. The van der Waals surface area contributed by atoms with Crippen molar-refractivity contribution in [3.63, 3.8) is 0 Å². The first kappa shape index (κ1) is 16.1. The van der Waals surface area contributed by atoms with Crippen LogP contribution in [0.5, 0.6) is 0 Å². The van der Waals surface area contributed by atoms with E-state index < -0.39 is 0 Å². The minimum atomic E-state index is 0.588. The molecule has 0 heteroatoms. The molecule has 1 rings (SSSR count). The lowest BCUT2D eigenvalue weighted by molar-refractivity contribution is 0.132. The van der Waals surface area contributed by atoms with E-state index >= 15 is 0 Å². The molecular formula is C18H36. The molecule has 0 radical (unpaired) electrons. The first-order chi connectivity index (χ1) is 8.24. The third-order valence-corrected chi connectivity index (χ3v) is 7.06. The zero-order chi connectivity index (χ0) is 14.1. The summed E-state index contributed by atoms with van der Waals surface area (Å²) in [5.74, 6) is 3.47. The second-order valence-corrected chi connectivity index (χ2v) is 7.73. The van der Waals surface area contributed by atoms with Crippen LogP contribution in [0.4, 0.5) is 0 Å². The summed E-state index contributed by atoms with van der Waals surface area (Å²) in [5, 5.41) is 0. The Morgan fingerprint density at radius 3 is 1.94 bits per heavy atom. The largest absolute Gasteiger partial charge is 0.0654 e. The van der Waals surface area contributed by atoms with Gasteiger partial charge in [-0.05, 0) is 40.9 Å². The lowest BCUT2D eigenvalue weighted by Gasteiger charge is -2.35. The SMILES string of the molecule is CCCC(C)C1(C)CC1(C)C(C)C(C)C(C)CC. The van der Waals surface area contributed by atoms with Gasteiger partial charge in [-0.15, -0.1) is 0 Å². The van der Waals surface area contributed by atoms with Crippen LogP contribution in [-0.4, -0.2) is 0 Å². The average Bonchev–Trinajstić information content (AvgIpc) is 2.92. The zero-order valence-corrected chi connectivity index (χ0v) is 14.1. The van der Waals surface area contributed by atoms with Crippen molar-refractivity contribution in [1.82, 2.24) is 0 Å². The van der Waals surface area contributed by atoms with Gasteiger partial charge in [0.25, 0.3) is 0 Å². The van der Waals surface area contributed by atoms with Crippen LogP contribution in [0.25, 0.3) is 0 Å². The Hall–Kier alpha value is 0. The monoisotopic (exact) mass is 252 g/mol. The fraction of sp³-hybridized carbons (Fsp3) is 1.00. The van der Waals surface area contributed by atoms with Crippen molar-refractivity contribution in [1.29, 1.82) is 0 Å². The molecule has 18 heavy (non-hydrogen) atoms. The van der Waals surface area contributed by atoms with E-state index in [1.165, 1.54) is 25.7 Å². The van der Waals surface area contributed by atoms with Crippen LogP contribution in [0.1, 0.15) is 81.1 Å². The third kappa shape index (κ3) is 2.49. The fourth-order valence-electron chi connectivity index (χ4n) is 4.33. The second-order valence-electron chi connectivity index (χ2n) is 7.73. The highest BCUT2D eigenvalue weighted by atomic mass is 14.7. The summed E-state index contributed by atoms with van der Waals surface area (Å²) in [5.41, 5.74) is 1.19. The molecule has 0 heterocycles. The smallest absolute Gasteiger partial charge is 0.0235 e. The van der Waals surface area contributed by atoms with Gasteiger partial charge in [-0.2, -0.15) is 0 Å². The first-order valence-electron chi connectivity index (χ1n) is 8.24. The summed E-state index contributed by atoms with van der Waals surface area (Å²) in [6.45, 7) is 19.7. The number of hydrogen-bond donors (Lipinski definition) is 0. The second kappa shape index (κ2) is 5.55.